The molecule has 332 valence electrons. The molecule has 0 saturated heterocycles. The average Bonchev–Trinajstić information content (AvgIpc) is 3.19. The molecule has 6 nitrogen and oxygen atoms in total. The van der Waals surface area contributed by atoms with Crippen molar-refractivity contribution in [2.75, 3.05) is 6.61 Å². The van der Waals surface area contributed by atoms with Crippen LogP contribution < -0.4 is 5.32 Å². The Kier molecular flexibility index (Phi) is 43.6. The first-order valence-electron chi connectivity index (χ1n) is 24.9. The highest BCUT2D eigenvalue weighted by Gasteiger charge is 2.24. The fourth-order valence-electron chi connectivity index (χ4n) is 7.78. The average molecular weight is 792 g/mol. The van der Waals surface area contributed by atoms with Gasteiger partial charge >= 0.3 is 5.97 Å². The summed E-state index contributed by atoms with van der Waals surface area (Å²) in [7, 11) is 0. The van der Waals surface area contributed by atoms with E-state index in [9.17, 15) is 19.8 Å². The van der Waals surface area contributed by atoms with Gasteiger partial charge in [-0.1, -0.05) is 219 Å². The Morgan fingerprint density at radius 2 is 0.857 bits per heavy atom. The summed E-state index contributed by atoms with van der Waals surface area (Å²) in [6.45, 7) is 6.46. The predicted molar refractivity (Wildman–Crippen MR) is 241 cm³/mol. The molecule has 0 aliphatic carbocycles. The minimum absolute atomic E-state index is 0.0799. The van der Waals surface area contributed by atoms with Crippen molar-refractivity contribution in [3.05, 3.63) is 12.2 Å². The van der Waals surface area contributed by atoms with Gasteiger partial charge in [0.2, 0.25) is 5.91 Å². The number of hydrogen-bond donors (Lipinski definition) is 3. The van der Waals surface area contributed by atoms with Crippen LogP contribution in [0.25, 0.3) is 0 Å². The minimum atomic E-state index is -0.781. The van der Waals surface area contributed by atoms with Crippen molar-refractivity contribution >= 4 is 11.9 Å². The summed E-state index contributed by atoms with van der Waals surface area (Å²) in [5, 5.41) is 23.6. The first kappa shape index (κ1) is 54.6. The number of unbranched alkanes of at least 4 members (excludes halogenated alkanes) is 31. The molecule has 0 saturated carbocycles. The Balaban J connectivity index is 4.39. The maximum absolute atomic E-state index is 13.1. The zero-order valence-corrected chi connectivity index (χ0v) is 37.8. The molecule has 0 aromatic heterocycles. The van der Waals surface area contributed by atoms with Crippen LogP contribution in [0.1, 0.15) is 271 Å². The van der Waals surface area contributed by atoms with Crippen LogP contribution in [0.5, 0.6) is 0 Å². The summed E-state index contributed by atoms with van der Waals surface area (Å²) in [6.07, 6.45) is 48.5. The maximum atomic E-state index is 13.1. The third kappa shape index (κ3) is 39.4. The number of carbonyl (C=O) groups is 2. The molecule has 0 spiro atoms. The Hall–Kier alpha value is -1.40. The van der Waals surface area contributed by atoms with Gasteiger partial charge in [-0.15, -0.1) is 0 Å². The number of hydrogen-bond acceptors (Lipinski definition) is 5. The minimum Gasteiger partial charge on any atom is -0.462 e. The van der Waals surface area contributed by atoms with E-state index in [1.807, 2.05) is 0 Å². The first-order chi connectivity index (χ1) is 27.5. The molecule has 56 heavy (non-hydrogen) atoms. The van der Waals surface area contributed by atoms with E-state index in [1.165, 1.54) is 173 Å². The lowest BCUT2D eigenvalue weighted by molar-refractivity contribution is -0.151. The fraction of sp³-hybridized carbons (Fsp3) is 0.920. The van der Waals surface area contributed by atoms with Gasteiger partial charge in [-0.2, -0.15) is 0 Å². The molecular weight excluding hydrogens is 695 g/mol. The van der Waals surface area contributed by atoms with Crippen LogP contribution >= 0.6 is 0 Å². The highest BCUT2D eigenvalue weighted by atomic mass is 16.5. The van der Waals surface area contributed by atoms with Gasteiger partial charge in [0.15, 0.2) is 0 Å². The van der Waals surface area contributed by atoms with Crippen molar-refractivity contribution in [1.82, 2.24) is 5.32 Å². The van der Waals surface area contributed by atoms with Gasteiger partial charge < -0.3 is 20.3 Å². The highest BCUT2D eigenvalue weighted by molar-refractivity contribution is 5.77. The molecule has 0 heterocycles. The highest BCUT2D eigenvalue weighted by Crippen LogP contribution is 2.18. The van der Waals surface area contributed by atoms with Crippen molar-refractivity contribution in [2.24, 2.45) is 0 Å². The van der Waals surface area contributed by atoms with Crippen molar-refractivity contribution in [3.63, 3.8) is 0 Å². The second-order valence-corrected chi connectivity index (χ2v) is 17.2. The van der Waals surface area contributed by atoms with E-state index in [1.54, 1.807) is 0 Å². The summed E-state index contributed by atoms with van der Waals surface area (Å²) in [4.78, 5) is 26.0. The van der Waals surface area contributed by atoms with Crippen LogP contribution in [0.4, 0.5) is 0 Å². The van der Waals surface area contributed by atoms with Crippen LogP contribution in [0.15, 0.2) is 12.2 Å². The Morgan fingerprint density at radius 1 is 0.500 bits per heavy atom. The van der Waals surface area contributed by atoms with Crippen LogP contribution in [0.3, 0.4) is 0 Å². The number of rotatable bonds is 45. The van der Waals surface area contributed by atoms with E-state index in [-0.39, 0.29) is 24.9 Å². The molecule has 0 aromatic rings. The number of aliphatic hydroxyl groups is 2. The smallest absolute Gasteiger partial charge is 0.306 e. The predicted octanol–water partition coefficient (Wildman–Crippen LogP) is 14.6. The summed E-state index contributed by atoms with van der Waals surface area (Å²) in [5.41, 5.74) is 0. The van der Waals surface area contributed by atoms with Gasteiger partial charge in [0.1, 0.15) is 6.10 Å². The Bertz CT molecular complexity index is 847. The Morgan fingerprint density at radius 3 is 1.27 bits per heavy atom. The number of esters is 1. The lowest BCUT2D eigenvalue weighted by Crippen LogP contribution is -2.46. The van der Waals surface area contributed by atoms with Crippen LogP contribution in [0, 0.1) is 0 Å². The zero-order chi connectivity index (χ0) is 41.0. The van der Waals surface area contributed by atoms with Gasteiger partial charge in [-0.25, -0.2) is 0 Å². The number of nitrogens with one attached hydrogen (secondary N) is 1. The molecule has 3 atom stereocenters. The van der Waals surface area contributed by atoms with Gasteiger partial charge in [0.25, 0.3) is 0 Å². The van der Waals surface area contributed by atoms with Crippen LogP contribution in [0.2, 0.25) is 0 Å². The number of ether oxygens (including phenoxy) is 1. The van der Waals surface area contributed by atoms with E-state index in [0.29, 0.717) is 19.3 Å². The molecule has 0 aliphatic rings. The molecule has 3 N–H and O–H groups in total. The van der Waals surface area contributed by atoms with E-state index in [4.69, 9.17) is 4.74 Å². The molecule has 1 amide bonds. The van der Waals surface area contributed by atoms with E-state index in [0.717, 1.165) is 51.4 Å². The largest absolute Gasteiger partial charge is 0.462 e. The maximum Gasteiger partial charge on any atom is 0.306 e. The van der Waals surface area contributed by atoms with Crippen LogP contribution in [-0.2, 0) is 14.3 Å². The van der Waals surface area contributed by atoms with Gasteiger partial charge in [0.05, 0.1) is 25.2 Å². The molecular formula is C50H97NO5. The third-order valence-corrected chi connectivity index (χ3v) is 11.6. The SMILES string of the molecule is CCCCCCCCCCC/C=C/CCCCCCCC(=O)OC(CCCCCCCCCC)CC(=O)NC(CO)C(O)CCCCCCCCCCCCC. The summed E-state index contributed by atoms with van der Waals surface area (Å²) in [5.74, 6) is -0.473. The van der Waals surface area contributed by atoms with Crippen molar-refractivity contribution in [2.45, 2.75) is 289 Å². The normalized spacial score (nSPS) is 13.3. The van der Waals surface area contributed by atoms with Crippen LogP contribution in [-0.4, -0.2) is 46.9 Å². The molecule has 6 heteroatoms. The summed E-state index contributed by atoms with van der Waals surface area (Å²) >= 11 is 0. The molecule has 0 aliphatic heterocycles. The monoisotopic (exact) mass is 792 g/mol. The standard InChI is InChI=1S/C50H97NO5/c1-4-7-10-13-16-19-21-22-23-24-25-26-27-29-31-34-37-40-43-50(55)56-46(41-38-35-32-18-15-12-9-6-3)44-49(54)51-47(45-52)48(53)42-39-36-33-30-28-20-17-14-11-8-5-2/h25-26,46-48,52-53H,4-24,27-45H2,1-3H3,(H,51,54)/b26-25+. The number of amides is 1. The van der Waals surface area contributed by atoms with Gasteiger partial charge in [0, 0.05) is 6.42 Å². The van der Waals surface area contributed by atoms with Crippen molar-refractivity contribution in [1.29, 1.82) is 0 Å². The zero-order valence-electron chi connectivity index (χ0n) is 37.8. The molecule has 0 rings (SSSR count). The number of aliphatic hydroxyl groups excluding tert-OH is 2. The van der Waals surface area contributed by atoms with Crippen molar-refractivity contribution < 1.29 is 24.5 Å². The molecule has 0 radical (unpaired) electrons. The van der Waals surface area contributed by atoms with Gasteiger partial charge in [-0.3, -0.25) is 9.59 Å². The molecule has 3 unspecified atom stereocenters. The lowest BCUT2D eigenvalue weighted by atomic mass is 10.0. The Labute approximate surface area is 349 Å². The fourth-order valence-corrected chi connectivity index (χ4v) is 7.78. The molecule has 0 fully saturated rings. The number of allylic oxidation sites excluding steroid dienone is 2. The second-order valence-electron chi connectivity index (χ2n) is 17.2. The number of carbonyl (C=O) groups excluding carboxylic acids is 2. The molecule has 0 bridgehead atoms. The lowest BCUT2D eigenvalue weighted by Gasteiger charge is -2.24. The first-order valence-corrected chi connectivity index (χ1v) is 24.9. The summed E-state index contributed by atoms with van der Waals surface area (Å²) < 4.78 is 5.90. The second kappa shape index (κ2) is 44.7. The quantitative estimate of drug-likeness (QED) is 0.0324. The third-order valence-electron chi connectivity index (χ3n) is 11.6. The van der Waals surface area contributed by atoms with E-state index >= 15 is 0 Å². The molecule has 0 aromatic carbocycles. The van der Waals surface area contributed by atoms with Crippen molar-refractivity contribution in [3.8, 4) is 0 Å². The van der Waals surface area contributed by atoms with E-state index < -0.39 is 18.2 Å². The summed E-state index contributed by atoms with van der Waals surface area (Å²) in [6, 6.07) is -0.694. The van der Waals surface area contributed by atoms with E-state index in [2.05, 4.69) is 38.2 Å². The topological polar surface area (TPSA) is 95.9 Å². The van der Waals surface area contributed by atoms with Gasteiger partial charge in [-0.05, 0) is 51.4 Å².